The molecular weight excluding hydrogens is 198 g/mol. The lowest BCUT2D eigenvalue weighted by molar-refractivity contribution is 0.0400. The Bertz CT molecular complexity index is 375. The molecule has 2 N–H and O–H groups in total. The van der Waals surface area contributed by atoms with Crippen molar-refractivity contribution in [3.8, 4) is 0 Å². The summed E-state index contributed by atoms with van der Waals surface area (Å²) in [5.41, 5.74) is 10.1. The summed E-state index contributed by atoms with van der Waals surface area (Å²) in [6, 6.07) is 6.47. The standard InChI is InChI=1S/C14H21NO/c1-9-4-6-12(10(2)8-9)14(15)13-7-5-11(3)16-13/h4,6,8,11,13-14H,5,7,15H2,1-3H3. The zero-order valence-corrected chi connectivity index (χ0v) is 10.4. The Balaban J connectivity index is 2.17. The van der Waals surface area contributed by atoms with Crippen LogP contribution in [0.1, 0.15) is 42.5 Å². The van der Waals surface area contributed by atoms with Crippen LogP contribution >= 0.6 is 0 Å². The first-order valence-corrected chi connectivity index (χ1v) is 6.06. The summed E-state index contributed by atoms with van der Waals surface area (Å²) in [7, 11) is 0. The van der Waals surface area contributed by atoms with Crippen LogP contribution in [0.2, 0.25) is 0 Å². The highest BCUT2D eigenvalue weighted by Crippen LogP contribution is 2.30. The van der Waals surface area contributed by atoms with Crippen molar-refractivity contribution >= 4 is 0 Å². The third kappa shape index (κ3) is 2.28. The molecule has 1 aromatic carbocycles. The molecular formula is C14H21NO. The zero-order valence-electron chi connectivity index (χ0n) is 10.4. The molecule has 0 amide bonds. The van der Waals surface area contributed by atoms with Crippen molar-refractivity contribution in [3.63, 3.8) is 0 Å². The Morgan fingerprint density at radius 2 is 2.06 bits per heavy atom. The molecule has 2 rings (SSSR count). The van der Waals surface area contributed by atoms with E-state index in [1.54, 1.807) is 0 Å². The lowest BCUT2D eigenvalue weighted by atomic mass is 9.95. The SMILES string of the molecule is Cc1ccc(C(N)C2CCC(C)O2)c(C)c1. The quantitative estimate of drug-likeness (QED) is 0.830. The van der Waals surface area contributed by atoms with Gasteiger partial charge in [0.05, 0.1) is 18.2 Å². The van der Waals surface area contributed by atoms with Crippen molar-refractivity contribution < 1.29 is 4.74 Å². The van der Waals surface area contributed by atoms with Crippen molar-refractivity contribution in [1.82, 2.24) is 0 Å². The van der Waals surface area contributed by atoms with Crippen LogP contribution in [-0.4, -0.2) is 12.2 Å². The van der Waals surface area contributed by atoms with Gasteiger partial charge in [0.25, 0.3) is 0 Å². The van der Waals surface area contributed by atoms with Crippen LogP contribution in [0.15, 0.2) is 18.2 Å². The van der Waals surface area contributed by atoms with E-state index in [1.165, 1.54) is 16.7 Å². The smallest absolute Gasteiger partial charge is 0.0772 e. The maximum atomic E-state index is 6.29. The fourth-order valence-electron chi connectivity index (χ4n) is 2.50. The molecule has 1 aromatic rings. The Labute approximate surface area is 97.8 Å². The van der Waals surface area contributed by atoms with Gasteiger partial charge in [0, 0.05) is 0 Å². The molecule has 2 nitrogen and oxygen atoms in total. The van der Waals surface area contributed by atoms with Crippen molar-refractivity contribution in [2.24, 2.45) is 5.73 Å². The van der Waals surface area contributed by atoms with Gasteiger partial charge in [-0.25, -0.2) is 0 Å². The molecule has 1 fully saturated rings. The number of hydrogen-bond donors (Lipinski definition) is 1. The predicted octanol–water partition coefficient (Wildman–Crippen LogP) is 2.87. The van der Waals surface area contributed by atoms with E-state index in [9.17, 15) is 0 Å². The van der Waals surface area contributed by atoms with E-state index in [0.717, 1.165) is 12.8 Å². The van der Waals surface area contributed by atoms with Crippen molar-refractivity contribution in [1.29, 1.82) is 0 Å². The van der Waals surface area contributed by atoms with Gasteiger partial charge < -0.3 is 10.5 Å². The molecule has 16 heavy (non-hydrogen) atoms. The van der Waals surface area contributed by atoms with Gasteiger partial charge in [-0.15, -0.1) is 0 Å². The number of rotatable bonds is 2. The minimum atomic E-state index is 0.0190. The first-order chi connectivity index (χ1) is 7.58. The Kier molecular flexibility index (Phi) is 3.31. The first-order valence-electron chi connectivity index (χ1n) is 6.06. The second kappa shape index (κ2) is 4.56. The van der Waals surface area contributed by atoms with Gasteiger partial charge in [0.2, 0.25) is 0 Å². The fourth-order valence-corrected chi connectivity index (χ4v) is 2.50. The lowest BCUT2D eigenvalue weighted by Gasteiger charge is -2.21. The maximum absolute atomic E-state index is 6.29. The van der Waals surface area contributed by atoms with Gasteiger partial charge in [-0.05, 0) is 44.7 Å². The van der Waals surface area contributed by atoms with E-state index in [1.807, 2.05) is 0 Å². The molecule has 88 valence electrons. The van der Waals surface area contributed by atoms with Crippen LogP contribution in [0, 0.1) is 13.8 Å². The highest BCUT2D eigenvalue weighted by molar-refractivity contribution is 5.33. The first kappa shape index (κ1) is 11.6. The highest BCUT2D eigenvalue weighted by Gasteiger charge is 2.28. The number of ether oxygens (including phenoxy) is 1. The number of nitrogens with two attached hydrogens (primary N) is 1. The van der Waals surface area contributed by atoms with Gasteiger partial charge in [-0.3, -0.25) is 0 Å². The molecule has 0 saturated carbocycles. The fraction of sp³-hybridized carbons (Fsp3) is 0.571. The van der Waals surface area contributed by atoms with Crippen LogP contribution in [0.4, 0.5) is 0 Å². The molecule has 0 spiro atoms. The van der Waals surface area contributed by atoms with E-state index in [4.69, 9.17) is 10.5 Å². The Morgan fingerprint density at radius 1 is 1.31 bits per heavy atom. The zero-order chi connectivity index (χ0) is 11.7. The number of benzene rings is 1. The molecule has 0 aromatic heterocycles. The topological polar surface area (TPSA) is 35.2 Å². The van der Waals surface area contributed by atoms with Crippen LogP contribution in [0.25, 0.3) is 0 Å². The number of aryl methyl sites for hydroxylation is 2. The second-order valence-electron chi connectivity index (χ2n) is 4.95. The summed E-state index contributed by atoms with van der Waals surface area (Å²) >= 11 is 0. The maximum Gasteiger partial charge on any atom is 0.0772 e. The minimum Gasteiger partial charge on any atom is -0.373 e. The van der Waals surface area contributed by atoms with E-state index >= 15 is 0 Å². The molecule has 1 heterocycles. The van der Waals surface area contributed by atoms with Crippen molar-refractivity contribution in [3.05, 3.63) is 34.9 Å². The van der Waals surface area contributed by atoms with Crippen LogP contribution in [0.5, 0.6) is 0 Å². The molecule has 0 radical (unpaired) electrons. The lowest BCUT2D eigenvalue weighted by Crippen LogP contribution is -2.27. The van der Waals surface area contributed by atoms with Gasteiger partial charge in [0.1, 0.15) is 0 Å². The normalized spacial score (nSPS) is 27.0. The molecule has 3 atom stereocenters. The molecule has 1 aliphatic rings. The summed E-state index contributed by atoms with van der Waals surface area (Å²) in [5, 5.41) is 0. The molecule has 3 unspecified atom stereocenters. The Morgan fingerprint density at radius 3 is 2.62 bits per heavy atom. The van der Waals surface area contributed by atoms with E-state index in [0.29, 0.717) is 6.10 Å². The summed E-state index contributed by atoms with van der Waals surface area (Å²) < 4.78 is 5.84. The highest BCUT2D eigenvalue weighted by atomic mass is 16.5. The molecule has 0 aliphatic carbocycles. The monoisotopic (exact) mass is 219 g/mol. The third-order valence-corrected chi connectivity index (χ3v) is 3.45. The van der Waals surface area contributed by atoms with Gasteiger partial charge in [-0.1, -0.05) is 23.8 Å². The largest absolute Gasteiger partial charge is 0.373 e. The van der Waals surface area contributed by atoms with Crippen LogP contribution in [-0.2, 0) is 4.74 Å². The van der Waals surface area contributed by atoms with E-state index < -0.39 is 0 Å². The molecule has 0 bridgehead atoms. The van der Waals surface area contributed by atoms with Crippen LogP contribution in [0.3, 0.4) is 0 Å². The van der Waals surface area contributed by atoms with Crippen molar-refractivity contribution in [2.45, 2.75) is 51.9 Å². The van der Waals surface area contributed by atoms with Gasteiger partial charge in [0.15, 0.2) is 0 Å². The Hall–Kier alpha value is -0.860. The minimum absolute atomic E-state index is 0.0190. The number of hydrogen-bond acceptors (Lipinski definition) is 2. The van der Waals surface area contributed by atoms with E-state index in [-0.39, 0.29) is 12.1 Å². The summed E-state index contributed by atoms with van der Waals surface area (Å²) in [5.74, 6) is 0. The van der Waals surface area contributed by atoms with E-state index in [2.05, 4.69) is 39.0 Å². The van der Waals surface area contributed by atoms with Gasteiger partial charge in [-0.2, -0.15) is 0 Å². The molecule has 1 aliphatic heterocycles. The summed E-state index contributed by atoms with van der Waals surface area (Å²) in [6.07, 6.45) is 2.76. The third-order valence-electron chi connectivity index (χ3n) is 3.45. The molecule has 2 heteroatoms. The van der Waals surface area contributed by atoms with Gasteiger partial charge >= 0.3 is 0 Å². The van der Waals surface area contributed by atoms with Crippen LogP contribution < -0.4 is 5.73 Å². The second-order valence-corrected chi connectivity index (χ2v) is 4.95. The van der Waals surface area contributed by atoms with Crippen molar-refractivity contribution in [2.75, 3.05) is 0 Å². The average molecular weight is 219 g/mol. The molecule has 1 saturated heterocycles. The predicted molar refractivity (Wildman–Crippen MR) is 66.4 cm³/mol. The average Bonchev–Trinajstić information content (AvgIpc) is 2.64. The summed E-state index contributed by atoms with van der Waals surface area (Å²) in [4.78, 5) is 0. The summed E-state index contributed by atoms with van der Waals surface area (Å²) in [6.45, 7) is 6.35.